The van der Waals surface area contributed by atoms with Gasteiger partial charge in [-0.3, -0.25) is 0 Å². The van der Waals surface area contributed by atoms with Gasteiger partial charge in [-0.25, -0.2) is 4.39 Å². The molecule has 0 aromatic heterocycles. The summed E-state index contributed by atoms with van der Waals surface area (Å²) in [6.45, 7) is 4.17. The molecular weight excluding hydrogens is 193 g/mol. The highest BCUT2D eigenvalue weighted by molar-refractivity contribution is 5.20. The predicted octanol–water partition coefficient (Wildman–Crippen LogP) is 2.25. The van der Waals surface area contributed by atoms with E-state index < -0.39 is 0 Å². The largest absolute Gasteiger partial charge is 0.394 e. The van der Waals surface area contributed by atoms with E-state index in [-0.39, 0.29) is 18.5 Å². The van der Waals surface area contributed by atoms with Crippen LogP contribution in [0.15, 0.2) is 24.3 Å². The average Bonchev–Trinajstić information content (AvgIpc) is 2.27. The van der Waals surface area contributed by atoms with Gasteiger partial charge in [0.2, 0.25) is 0 Å². The van der Waals surface area contributed by atoms with Gasteiger partial charge in [0, 0.05) is 6.04 Å². The quantitative estimate of drug-likeness (QED) is 0.783. The Kier molecular flexibility index (Phi) is 4.72. The van der Waals surface area contributed by atoms with Crippen LogP contribution in [-0.2, 0) is 0 Å². The monoisotopic (exact) mass is 211 g/mol. The molecule has 15 heavy (non-hydrogen) atoms. The molecule has 0 saturated heterocycles. The van der Waals surface area contributed by atoms with Gasteiger partial charge in [0.05, 0.1) is 12.6 Å². The fourth-order valence-corrected chi connectivity index (χ4v) is 1.41. The highest BCUT2D eigenvalue weighted by Gasteiger charge is 2.12. The van der Waals surface area contributed by atoms with E-state index in [1.54, 1.807) is 12.1 Å². The Morgan fingerprint density at radius 3 is 2.40 bits per heavy atom. The zero-order valence-electron chi connectivity index (χ0n) is 9.20. The summed E-state index contributed by atoms with van der Waals surface area (Å²) >= 11 is 0. The van der Waals surface area contributed by atoms with E-state index in [0.29, 0.717) is 6.04 Å². The van der Waals surface area contributed by atoms with Crippen molar-refractivity contribution in [2.45, 2.75) is 32.4 Å². The van der Waals surface area contributed by atoms with Crippen molar-refractivity contribution in [2.24, 2.45) is 0 Å². The molecule has 2 atom stereocenters. The molecule has 0 bridgehead atoms. The summed E-state index contributed by atoms with van der Waals surface area (Å²) in [5.74, 6) is -0.251. The molecule has 1 aromatic carbocycles. The van der Waals surface area contributed by atoms with Gasteiger partial charge in [0.25, 0.3) is 0 Å². The molecule has 0 aliphatic rings. The first-order valence-electron chi connectivity index (χ1n) is 5.29. The maximum Gasteiger partial charge on any atom is 0.123 e. The van der Waals surface area contributed by atoms with Crippen LogP contribution >= 0.6 is 0 Å². The van der Waals surface area contributed by atoms with Crippen molar-refractivity contribution in [3.05, 3.63) is 35.6 Å². The van der Waals surface area contributed by atoms with Gasteiger partial charge in [0.1, 0.15) is 5.82 Å². The van der Waals surface area contributed by atoms with Crippen molar-refractivity contribution in [2.75, 3.05) is 6.61 Å². The highest BCUT2D eigenvalue weighted by atomic mass is 19.1. The fourth-order valence-electron chi connectivity index (χ4n) is 1.41. The molecule has 0 fully saturated rings. The zero-order valence-corrected chi connectivity index (χ0v) is 9.20. The van der Waals surface area contributed by atoms with Crippen molar-refractivity contribution in [3.8, 4) is 0 Å². The fraction of sp³-hybridized carbons (Fsp3) is 0.500. The lowest BCUT2D eigenvalue weighted by atomic mass is 10.1. The molecule has 2 unspecified atom stereocenters. The van der Waals surface area contributed by atoms with E-state index in [0.717, 1.165) is 12.0 Å². The molecule has 0 radical (unpaired) electrons. The second-order valence-corrected chi connectivity index (χ2v) is 3.76. The molecule has 1 aromatic rings. The number of nitrogens with one attached hydrogen (secondary N) is 1. The minimum Gasteiger partial charge on any atom is -0.394 e. The molecule has 0 aliphatic carbocycles. The lowest BCUT2D eigenvalue weighted by Crippen LogP contribution is -2.32. The van der Waals surface area contributed by atoms with Crippen molar-refractivity contribution in [3.63, 3.8) is 0 Å². The van der Waals surface area contributed by atoms with Gasteiger partial charge in [-0.2, -0.15) is 0 Å². The second-order valence-electron chi connectivity index (χ2n) is 3.76. The molecule has 0 amide bonds. The van der Waals surface area contributed by atoms with Gasteiger partial charge < -0.3 is 10.4 Å². The number of hydrogen-bond donors (Lipinski definition) is 2. The van der Waals surface area contributed by atoms with Crippen LogP contribution in [0.1, 0.15) is 31.9 Å². The lowest BCUT2D eigenvalue weighted by molar-refractivity contribution is 0.234. The SMILES string of the molecule is CCC(C)NC(CO)c1ccc(F)cc1. The van der Waals surface area contributed by atoms with E-state index >= 15 is 0 Å². The summed E-state index contributed by atoms with van der Waals surface area (Å²) in [6.07, 6.45) is 0.998. The average molecular weight is 211 g/mol. The second kappa shape index (κ2) is 5.83. The third-order valence-corrected chi connectivity index (χ3v) is 2.55. The Morgan fingerprint density at radius 2 is 1.93 bits per heavy atom. The van der Waals surface area contributed by atoms with Crippen molar-refractivity contribution in [1.82, 2.24) is 5.32 Å². The summed E-state index contributed by atoms with van der Waals surface area (Å²) < 4.78 is 12.7. The smallest absolute Gasteiger partial charge is 0.123 e. The van der Waals surface area contributed by atoms with Gasteiger partial charge >= 0.3 is 0 Å². The van der Waals surface area contributed by atoms with Gasteiger partial charge in [0.15, 0.2) is 0 Å². The Bertz CT molecular complexity index is 286. The third-order valence-electron chi connectivity index (χ3n) is 2.55. The van der Waals surface area contributed by atoms with Gasteiger partial charge in [-0.1, -0.05) is 19.1 Å². The molecule has 2 N–H and O–H groups in total. The minimum absolute atomic E-state index is 0.0238. The van der Waals surface area contributed by atoms with E-state index in [4.69, 9.17) is 0 Å². The Hall–Kier alpha value is -0.930. The third kappa shape index (κ3) is 3.61. The van der Waals surface area contributed by atoms with Gasteiger partial charge in [-0.05, 0) is 31.0 Å². The first-order valence-corrected chi connectivity index (χ1v) is 5.29. The summed E-state index contributed by atoms with van der Waals surface area (Å²) in [4.78, 5) is 0. The maximum absolute atomic E-state index is 12.7. The summed E-state index contributed by atoms with van der Waals surface area (Å²) in [7, 11) is 0. The van der Waals surface area contributed by atoms with Crippen molar-refractivity contribution >= 4 is 0 Å². The number of aliphatic hydroxyl groups is 1. The van der Waals surface area contributed by atoms with Crippen LogP contribution in [0.25, 0.3) is 0 Å². The minimum atomic E-state index is -0.251. The topological polar surface area (TPSA) is 32.3 Å². The molecule has 84 valence electrons. The van der Waals surface area contributed by atoms with Crippen LogP contribution < -0.4 is 5.32 Å². The Labute approximate surface area is 90.1 Å². The molecule has 2 nitrogen and oxygen atoms in total. The van der Waals surface area contributed by atoms with Crippen LogP contribution in [0.2, 0.25) is 0 Å². The molecule has 1 rings (SSSR count). The van der Waals surface area contributed by atoms with Crippen molar-refractivity contribution < 1.29 is 9.50 Å². The maximum atomic E-state index is 12.7. The molecule has 0 heterocycles. The highest BCUT2D eigenvalue weighted by Crippen LogP contribution is 2.14. The standard InChI is InChI=1S/C12H18FNO/c1-3-9(2)14-12(8-15)10-4-6-11(13)7-5-10/h4-7,9,12,14-15H,3,8H2,1-2H3. The first kappa shape index (κ1) is 12.1. The molecule has 0 spiro atoms. The van der Waals surface area contributed by atoms with E-state index in [1.165, 1.54) is 12.1 Å². The number of aliphatic hydroxyl groups excluding tert-OH is 1. The van der Waals surface area contributed by atoms with E-state index in [9.17, 15) is 9.50 Å². The number of hydrogen-bond acceptors (Lipinski definition) is 2. The summed E-state index contributed by atoms with van der Waals surface area (Å²) in [5, 5.41) is 12.5. The van der Waals surface area contributed by atoms with Crippen LogP contribution in [0, 0.1) is 5.82 Å². The number of benzene rings is 1. The molecule has 0 aliphatic heterocycles. The van der Waals surface area contributed by atoms with Gasteiger partial charge in [-0.15, -0.1) is 0 Å². The zero-order chi connectivity index (χ0) is 11.3. The predicted molar refractivity (Wildman–Crippen MR) is 59.1 cm³/mol. The first-order chi connectivity index (χ1) is 7.17. The van der Waals surface area contributed by atoms with Crippen LogP contribution in [0.3, 0.4) is 0 Å². The van der Waals surface area contributed by atoms with Crippen LogP contribution in [0.4, 0.5) is 4.39 Å². The molecule has 3 heteroatoms. The summed E-state index contributed by atoms with van der Waals surface area (Å²) in [5.41, 5.74) is 0.916. The van der Waals surface area contributed by atoms with E-state index in [1.807, 2.05) is 0 Å². The lowest BCUT2D eigenvalue weighted by Gasteiger charge is -2.21. The molecular formula is C12H18FNO. The summed E-state index contributed by atoms with van der Waals surface area (Å²) in [6, 6.07) is 6.46. The molecule has 0 saturated carbocycles. The van der Waals surface area contributed by atoms with Crippen LogP contribution in [0.5, 0.6) is 0 Å². The van der Waals surface area contributed by atoms with Crippen molar-refractivity contribution in [1.29, 1.82) is 0 Å². The number of halogens is 1. The Balaban J connectivity index is 2.69. The van der Waals surface area contributed by atoms with Crippen LogP contribution in [-0.4, -0.2) is 17.8 Å². The number of rotatable bonds is 5. The van der Waals surface area contributed by atoms with E-state index in [2.05, 4.69) is 19.2 Å². The Morgan fingerprint density at radius 1 is 1.33 bits per heavy atom. The normalized spacial score (nSPS) is 14.9.